The summed E-state index contributed by atoms with van der Waals surface area (Å²) < 4.78 is 0. The molecule has 2 amide bonds. The molecule has 1 aromatic carbocycles. The molecule has 0 aliphatic carbocycles. The van der Waals surface area contributed by atoms with Gasteiger partial charge in [-0.3, -0.25) is 9.59 Å². The summed E-state index contributed by atoms with van der Waals surface area (Å²) in [7, 11) is 1.80. The molecule has 122 valence electrons. The molecule has 0 bridgehead atoms. The number of amides is 2. The van der Waals surface area contributed by atoms with Gasteiger partial charge in [0.25, 0.3) is 11.8 Å². The van der Waals surface area contributed by atoms with Gasteiger partial charge in [-0.15, -0.1) is 6.58 Å². The van der Waals surface area contributed by atoms with E-state index < -0.39 is 5.54 Å². The summed E-state index contributed by atoms with van der Waals surface area (Å²) >= 11 is 0. The molecule has 0 spiro atoms. The van der Waals surface area contributed by atoms with Crippen LogP contribution in [0.2, 0.25) is 0 Å². The van der Waals surface area contributed by atoms with E-state index in [1.54, 1.807) is 18.0 Å². The van der Waals surface area contributed by atoms with E-state index in [2.05, 4.69) is 27.4 Å². The Morgan fingerprint density at radius 3 is 2.57 bits per heavy atom. The topological polar surface area (TPSA) is 40.6 Å². The number of rotatable bonds is 2. The Morgan fingerprint density at radius 1 is 1.30 bits per heavy atom. The van der Waals surface area contributed by atoms with Gasteiger partial charge in [0.1, 0.15) is 11.7 Å². The maximum atomic E-state index is 13.2. The second kappa shape index (κ2) is 4.95. The first kappa shape index (κ1) is 15.8. The lowest BCUT2D eigenvalue weighted by molar-refractivity contribution is -0.133. The molecule has 0 saturated carbocycles. The van der Waals surface area contributed by atoms with Crippen LogP contribution in [-0.2, 0) is 11.2 Å². The first-order valence-corrected chi connectivity index (χ1v) is 8.04. The first-order chi connectivity index (χ1) is 10.7. The molecule has 2 aliphatic rings. The predicted molar refractivity (Wildman–Crippen MR) is 89.9 cm³/mol. The SMILES string of the molecule is C=CC[C@]12Cc3ccccc3C(=O)N1[C@@H](C(C)(C)C)N(C)C2=O. The fraction of sp³-hybridized carbons (Fsp3) is 0.474. The van der Waals surface area contributed by atoms with Crippen molar-refractivity contribution in [1.29, 1.82) is 0 Å². The molecule has 4 nitrogen and oxygen atoms in total. The van der Waals surface area contributed by atoms with Crippen LogP contribution < -0.4 is 0 Å². The van der Waals surface area contributed by atoms with Crippen LogP contribution >= 0.6 is 0 Å². The number of hydrogen-bond donors (Lipinski definition) is 0. The van der Waals surface area contributed by atoms with Gasteiger partial charge in [-0.25, -0.2) is 0 Å². The third-order valence-electron chi connectivity index (χ3n) is 5.00. The minimum atomic E-state index is -0.833. The van der Waals surface area contributed by atoms with Gasteiger partial charge in [0.2, 0.25) is 0 Å². The third kappa shape index (κ3) is 2.04. The number of benzene rings is 1. The molecule has 23 heavy (non-hydrogen) atoms. The molecule has 1 fully saturated rings. The van der Waals surface area contributed by atoms with Gasteiger partial charge in [-0.2, -0.15) is 0 Å². The van der Waals surface area contributed by atoms with E-state index in [9.17, 15) is 9.59 Å². The Hall–Kier alpha value is -2.10. The van der Waals surface area contributed by atoms with Gasteiger partial charge in [0.05, 0.1) is 0 Å². The zero-order chi connectivity index (χ0) is 17.0. The van der Waals surface area contributed by atoms with Crippen LogP contribution in [0.1, 0.15) is 43.1 Å². The van der Waals surface area contributed by atoms with Crippen LogP contribution in [0.3, 0.4) is 0 Å². The zero-order valence-electron chi connectivity index (χ0n) is 14.3. The van der Waals surface area contributed by atoms with Crippen LogP contribution in [0.15, 0.2) is 36.9 Å². The second-order valence-electron chi connectivity index (χ2n) is 7.69. The van der Waals surface area contributed by atoms with Crippen LogP contribution in [0, 0.1) is 5.41 Å². The maximum absolute atomic E-state index is 13.2. The molecule has 2 aliphatic heterocycles. The highest BCUT2D eigenvalue weighted by atomic mass is 16.2. The number of likely N-dealkylation sites (N-methyl/N-ethyl adjacent to an activating group) is 1. The van der Waals surface area contributed by atoms with Crippen molar-refractivity contribution in [3.8, 4) is 0 Å². The molecule has 0 radical (unpaired) electrons. The normalized spacial score (nSPS) is 27.0. The highest BCUT2D eigenvalue weighted by Crippen LogP contribution is 2.46. The van der Waals surface area contributed by atoms with E-state index in [1.807, 2.05) is 29.2 Å². The van der Waals surface area contributed by atoms with Crippen molar-refractivity contribution < 1.29 is 9.59 Å². The van der Waals surface area contributed by atoms with Crippen LogP contribution in [-0.4, -0.2) is 40.4 Å². The summed E-state index contributed by atoms with van der Waals surface area (Å²) in [4.78, 5) is 29.9. The van der Waals surface area contributed by atoms with Gasteiger partial charge < -0.3 is 9.80 Å². The van der Waals surface area contributed by atoms with E-state index in [4.69, 9.17) is 0 Å². The Morgan fingerprint density at radius 2 is 1.96 bits per heavy atom. The van der Waals surface area contributed by atoms with E-state index in [0.29, 0.717) is 18.4 Å². The molecular weight excluding hydrogens is 288 g/mol. The van der Waals surface area contributed by atoms with Gasteiger partial charge in [-0.05, 0) is 18.1 Å². The van der Waals surface area contributed by atoms with E-state index >= 15 is 0 Å². The van der Waals surface area contributed by atoms with Crippen molar-refractivity contribution in [1.82, 2.24) is 9.80 Å². The quantitative estimate of drug-likeness (QED) is 0.788. The largest absolute Gasteiger partial charge is 0.323 e. The maximum Gasteiger partial charge on any atom is 0.256 e. The summed E-state index contributed by atoms with van der Waals surface area (Å²) in [5, 5.41) is 0. The Balaban J connectivity index is 2.24. The highest BCUT2D eigenvalue weighted by Gasteiger charge is 2.62. The van der Waals surface area contributed by atoms with E-state index in [-0.39, 0.29) is 23.4 Å². The van der Waals surface area contributed by atoms with Gasteiger partial charge in [0.15, 0.2) is 0 Å². The standard InChI is InChI=1S/C19H24N2O2/c1-6-11-19-12-13-9-7-8-10-14(13)15(22)21(19)16(18(2,3)4)20(5)17(19)23/h6-10,16H,1,11-12H2,2-5H3/t16-,19+/m0/s1. The summed E-state index contributed by atoms with van der Waals surface area (Å²) in [5.74, 6) is -0.0356. The number of fused-ring (bicyclic) bond motifs is 2. The lowest BCUT2D eigenvalue weighted by Gasteiger charge is -2.45. The second-order valence-corrected chi connectivity index (χ2v) is 7.69. The van der Waals surface area contributed by atoms with Crippen LogP contribution in [0.25, 0.3) is 0 Å². The Labute approximate surface area is 137 Å². The van der Waals surface area contributed by atoms with Crippen molar-refractivity contribution in [2.24, 2.45) is 5.41 Å². The average Bonchev–Trinajstić information content (AvgIpc) is 2.70. The van der Waals surface area contributed by atoms with E-state index in [1.165, 1.54) is 0 Å². The van der Waals surface area contributed by atoms with Crippen molar-refractivity contribution in [2.45, 2.75) is 45.3 Å². The Bertz CT molecular complexity index is 689. The molecule has 3 rings (SSSR count). The highest BCUT2D eigenvalue weighted by molar-refractivity contribution is 6.05. The fourth-order valence-corrected chi connectivity index (χ4v) is 4.21. The summed E-state index contributed by atoms with van der Waals surface area (Å²) in [6.45, 7) is 10.0. The number of carbonyl (C=O) groups is 2. The number of hydrogen-bond acceptors (Lipinski definition) is 2. The van der Waals surface area contributed by atoms with Gasteiger partial charge in [-0.1, -0.05) is 45.0 Å². The molecule has 0 N–H and O–H groups in total. The van der Waals surface area contributed by atoms with Gasteiger partial charge >= 0.3 is 0 Å². The smallest absolute Gasteiger partial charge is 0.256 e. The molecule has 1 aromatic rings. The molecule has 4 heteroatoms. The molecule has 2 heterocycles. The monoisotopic (exact) mass is 312 g/mol. The molecule has 0 unspecified atom stereocenters. The lowest BCUT2D eigenvalue weighted by Crippen LogP contribution is -2.59. The van der Waals surface area contributed by atoms with Gasteiger partial charge in [0, 0.05) is 24.4 Å². The number of nitrogens with zero attached hydrogens (tertiary/aromatic N) is 2. The summed E-state index contributed by atoms with van der Waals surface area (Å²) in [5.41, 5.74) is 0.603. The third-order valence-corrected chi connectivity index (χ3v) is 5.00. The molecule has 1 saturated heterocycles. The zero-order valence-corrected chi connectivity index (χ0v) is 14.3. The minimum absolute atomic E-state index is 0.0141. The predicted octanol–water partition coefficient (Wildman–Crippen LogP) is 2.84. The minimum Gasteiger partial charge on any atom is -0.323 e. The fourth-order valence-electron chi connectivity index (χ4n) is 4.21. The van der Waals surface area contributed by atoms with Crippen molar-refractivity contribution in [2.75, 3.05) is 7.05 Å². The Kier molecular flexibility index (Phi) is 3.40. The van der Waals surface area contributed by atoms with E-state index in [0.717, 1.165) is 5.56 Å². The van der Waals surface area contributed by atoms with Crippen LogP contribution in [0.4, 0.5) is 0 Å². The first-order valence-electron chi connectivity index (χ1n) is 8.04. The van der Waals surface area contributed by atoms with Crippen molar-refractivity contribution in [3.05, 3.63) is 48.0 Å². The van der Waals surface area contributed by atoms with Crippen molar-refractivity contribution >= 4 is 11.8 Å². The molecule has 0 aromatic heterocycles. The van der Waals surface area contributed by atoms with Crippen molar-refractivity contribution in [3.63, 3.8) is 0 Å². The molecular formula is C19H24N2O2. The lowest BCUT2D eigenvalue weighted by atomic mass is 9.79. The summed E-state index contributed by atoms with van der Waals surface area (Å²) in [6, 6.07) is 7.61. The average molecular weight is 312 g/mol. The molecule has 2 atom stereocenters. The number of carbonyl (C=O) groups excluding carboxylic acids is 2. The van der Waals surface area contributed by atoms with Crippen LogP contribution in [0.5, 0.6) is 0 Å². The summed E-state index contributed by atoms with van der Waals surface area (Å²) in [6.07, 6.45) is 2.53.